The molecule has 1 aromatic carbocycles. The van der Waals surface area contributed by atoms with Crippen molar-refractivity contribution < 1.29 is 4.42 Å². The van der Waals surface area contributed by atoms with Gasteiger partial charge < -0.3 is 10.2 Å². The molecule has 1 aromatic heterocycles. The second-order valence-corrected chi connectivity index (χ2v) is 6.10. The van der Waals surface area contributed by atoms with Crippen molar-refractivity contribution in [2.75, 3.05) is 0 Å². The molecule has 108 valence electrons. The lowest BCUT2D eigenvalue weighted by Crippen LogP contribution is -2.18. The summed E-state index contributed by atoms with van der Waals surface area (Å²) >= 11 is 7.43. The van der Waals surface area contributed by atoms with Gasteiger partial charge in [0.1, 0.15) is 0 Å². The van der Waals surface area contributed by atoms with E-state index in [0.29, 0.717) is 17.0 Å². The summed E-state index contributed by atoms with van der Waals surface area (Å²) in [6, 6.07) is 7.52. The van der Waals surface area contributed by atoms with E-state index in [2.05, 4.69) is 24.0 Å². The van der Waals surface area contributed by atoms with Crippen molar-refractivity contribution in [1.29, 1.82) is 0 Å². The number of nitrogens with zero attached hydrogens (tertiary/aromatic N) is 2. The maximum Gasteiger partial charge on any atom is 0.276 e. The molecule has 0 saturated carbocycles. The van der Waals surface area contributed by atoms with E-state index in [1.807, 2.05) is 24.3 Å². The molecule has 2 rings (SSSR count). The molecule has 0 aliphatic rings. The van der Waals surface area contributed by atoms with Crippen molar-refractivity contribution in [2.45, 2.75) is 37.3 Å². The lowest BCUT2D eigenvalue weighted by Gasteiger charge is -2.13. The fourth-order valence-corrected chi connectivity index (χ4v) is 2.61. The van der Waals surface area contributed by atoms with Crippen molar-refractivity contribution in [2.24, 2.45) is 11.7 Å². The Bertz CT molecular complexity index is 561. The maximum atomic E-state index is 6.07. The van der Waals surface area contributed by atoms with Gasteiger partial charge in [0, 0.05) is 10.8 Å². The highest BCUT2D eigenvalue weighted by atomic mass is 35.5. The number of benzene rings is 1. The highest BCUT2D eigenvalue weighted by Gasteiger charge is 2.19. The maximum absolute atomic E-state index is 6.07. The van der Waals surface area contributed by atoms with E-state index in [9.17, 15) is 0 Å². The Morgan fingerprint density at radius 3 is 2.90 bits per heavy atom. The van der Waals surface area contributed by atoms with Gasteiger partial charge in [0.25, 0.3) is 5.22 Å². The molecule has 2 atom stereocenters. The summed E-state index contributed by atoms with van der Waals surface area (Å²) < 4.78 is 5.60. The van der Waals surface area contributed by atoms with E-state index in [1.54, 1.807) is 0 Å². The van der Waals surface area contributed by atoms with Crippen LogP contribution in [0.3, 0.4) is 0 Å². The average molecular weight is 312 g/mol. The molecule has 0 spiro atoms. The van der Waals surface area contributed by atoms with Crippen LogP contribution in [-0.2, 0) is 5.75 Å². The second kappa shape index (κ2) is 7.11. The zero-order chi connectivity index (χ0) is 14.5. The van der Waals surface area contributed by atoms with Gasteiger partial charge in [-0.2, -0.15) is 0 Å². The first-order valence-electron chi connectivity index (χ1n) is 6.56. The van der Waals surface area contributed by atoms with Crippen molar-refractivity contribution in [3.05, 3.63) is 40.7 Å². The van der Waals surface area contributed by atoms with E-state index in [1.165, 1.54) is 11.8 Å². The first kappa shape index (κ1) is 15.4. The minimum absolute atomic E-state index is 0.201. The summed E-state index contributed by atoms with van der Waals surface area (Å²) in [5.41, 5.74) is 7.19. The van der Waals surface area contributed by atoms with Crippen LogP contribution in [0.5, 0.6) is 0 Å². The monoisotopic (exact) mass is 311 g/mol. The molecule has 0 radical (unpaired) electrons. The number of hydrogen-bond acceptors (Lipinski definition) is 5. The predicted molar refractivity (Wildman–Crippen MR) is 81.7 cm³/mol. The van der Waals surface area contributed by atoms with Gasteiger partial charge in [-0.1, -0.05) is 55.8 Å². The molecule has 0 aliphatic heterocycles. The third kappa shape index (κ3) is 3.98. The summed E-state index contributed by atoms with van der Waals surface area (Å²) in [6.45, 7) is 4.17. The molecular formula is C14H18ClN3OS. The number of thioether (sulfide) groups is 1. The standard InChI is InChI=1S/C14H18ClN3OS/c1-3-9(2)12(16)13-17-18-14(19-13)20-8-10-5-4-6-11(15)7-10/h4-7,9,12H,3,8,16H2,1-2H3. The Labute approximate surface area is 128 Å². The van der Waals surface area contributed by atoms with Crippen LogP contribution in [0.2, 0.25) is 5.02 Å². The van der Waals surface area contributed by atoms with Crippen LogP contribution in [0.25, 0.3) is 0 Å². The Kier molecular flexibility index (Phi) is 5.46. The molecule has 0 amide bonds. The molecule has 4 nitrogen and oxygen atoms in total. The van der Waals surface area contributed by atoms with Gasteiger partial charge in [-0.15, -0.1) is 10.2 Å². The minimum atomic E-state index is -0.201. The molecule has 2 N–H and O–H groups in total. The lowest BCUT2D eigenvalue weighted by molar-refractivity contribution is 0.333. The zero-order valence-electron chi connectivity index (χ0n) is 11.5. The van der Waals surface area contributed by atoms with E-state index in [4.69, 9.17) is 21.8 Å². The molecule has 2 unspecified atom stereocenters. The van der Waals surface area contributed by atoms with Gasteiger partial charge in [-0.25, -0.2) is 0 Å². The Morgan fingerprint density at radius 2 is 2.20 bits per heavy atom. The van der Waals surface area contributed by atoms with Crippen LogP contribution in [0, 0.1) is 5.92 Å². The van der Waals surface area contributed by atoms with Crippen molar-refractivity contribution in [1.82, 2.24) is 10.2 Å². The molecule has 0 aliphatic carbocycles. The number of halogens is 1. The average Bonchev–Trinajstić information content (AvgIpc) is 2.92. The van der Waals surface area contributed by atoms with Crippen molar-refractivity contribution in [3.8, 4) is 0 Å². The fraction of sp³-hybridized carbons (Fsp3) is 0.429. The molecule has 0 bridgehead atoms. The van der Waals surface area contributed by atoms with Gasteiger partial charge in [-0.3, -0.25) is 0 Å². The van der Waals surface area contributed by atoms with E-state index >= 15 is 0 Å². The van der Waals surface area contributed by atoms with Gasteiger partial charge in [0.15, 0.2) is 0 Å². The minimum Gasteiger partial charge on any atom is -0.414 e. The molecule has 0 saturated heterocycles. The lowest BCUT2D eigenvalue weighted by atomic mass is 10.0. The predicted octanol–water partition coefficient (Wildman–Crippen LogP) is 4.06. The number of rotatable bonds is 6. The van der Waals surface area contributed by atoms with Gasteiger partial charge in [-0.05, 0) is 23.6 Å². The molecule has 0 fully saturated rings. The first-order chi connectivity index (χ1) is 9.60. The Morgan fingerprint density at radius 1 is 1.40 bits per heavy atom. The number of nitrogens with two attached hydrogens (primary N) is 1. The molecule has 2 aromatic rings. The Hall–Kier alpha value is -1.04. The van der Waals surface area contributed by atoms with Crippen LogP contribution in [-0.4, -0.2) is 10.2 Å². The molecule has 1 heterocycles. The summed E-state index contributed by atoms with van der Waals surface area (Å²) in [6.07, 6.45) is 0.981. The van der Waals surface area contributed by atoms with Crippen LogP contribution in [0.15, 0.2) is 33.9 Å². The second-order valence-electron chi connectivity index (χ2n) is 4.74. The van der Waals surface area contributed by atoms with Crippen LogP contribution in [0.1, 0.15) is 37.8 Å². The summed E-state index contributed by atoms with van der Waals surface area (Å²) in [4.78, 5) is 0. The topological polar surface area (TPSA) is 64.9 Å². The smallest absolute Gasteiger partial charge is 0.276 e. The largest absolute Gasteiger partial charge is 0.414 e. The van der Waals surface area contributed by atoms with E-state index in [-0.39, 0.29) is 6.04 Å². The van der Waals surface area contributed by atoms with Gasteiger partial charge in [0.05, 0.1) is 6.04 Å². The third-order valence-corrected chi connectivity index (χ3v) is 4.34. The zero-order valence-corrected chi connectivity index (χ0v) is 13.1. The van der Waals surface area contributed by atoms with E-state index in [0.717, 1.165) is 22.8 Å². The fourth-order valence-electron chi connectivity index (χ4n) is 1.68. The van der Waals surface area contributed by atoms with Crippen molar-refractivity contribution in [3.63, 3.8) is 0 Å². The van der Waals surface area contributed by atoms with Gasteiger partial charge in [0.2, 0.25) is 5.89 Å². The van der Waals surface area contributed by atoms with Crippen LogP contribution >= 0.6 is 23.4 Å². The van der Waals surface area contributed by atoms with Crippen molar-refractivity contribution >= 4 is 23.4 Å². The summed E-state index contributed by atoms with van der Waals surface area (Å²) in [5.74, 6) is 1.56. The first-order valence-corrected chi connectivity index (χ1v) is 7.92. The SMILES string of the molecule is CCC(C)C(N)c1nnc(SCc2cccc(Cl)c2)o1. The molecule has 20 heavy (non-hydrogen) atoms. The summed E-state index contributed by atoms with van der Waals surface area (Å²) in [7, 11) is 0. The molecular weight excluding hydrogens is 294 g/mol. The quantitative estimate of drug-likeness (QED) is 0.815. The number of aromatic nitrogens is 2. The highest BCUT2D eigenvalue weighted by Crippen LogP contribution is 2.26. The molecule has 6 heteroatoms. The summed E-state index contributed by atoms with van der Waals surface area (Å²) in [5, 5.41) is 9.32. The Balaban J connectivity index is 1.96. The highest BCUT2D eigenvalue weighted by molar-refractivity contribution is 7.98. The third-order valence-electron chi connectivity index (χ3n) is 3.22. The van der Waals surface area contributed by atoms with E-state index < -0.39 is 0 Å². The van der Waals surface area contributed by atoms with Crippen LogP contribution < -0.4 is 5.73 Å². The normalized spacial score (nSPS) is 14.2. The van der Waals surface area contributed by atoms with Crippen LogP contribution in [0.4, 0.5) is 0 Å². The number of hydrogen-bond donors (Lipinski definition) is 1. The van der Waals surface area contributed by atoms with Gasteiger partial charge >= 0.3 is 0 Å².